The number of rotatable bonds is 5. The van der Waals surface area contributed by atoms with Crippen LogP contribution < -0.4 is 10.1 Å². The van der Waals surface area contributed by atoms with E-state index in [0.717, 1.165) is 36.0 Å². The van der Waals surface area contributed by atoms with Crippen LogP contribution in [0.4, 0.5) is 5.69 Å². The lowest BCUT2D eigenvalue weighted by Gasteiger charge is -2.29. The van der Waals surface area contributed by atoms with Gasteiger partial charge in [0.15, 0.2) is 5.82 Å². The summed E-state index contributed by atoms with van der Waals surface area (Å²) in [7, 11) is 1.59. The number of ether oxygens (including phenoxy) is 1. The Bertz CT molecular complexity index is 1220. The molecule has 1 aliphatic carbocycles. The van der Waals surface area contributed by atoms with Crippen molar-refractivity contribution in [2.45, 2.75) is 33.1 Å². The SMILES string of the molecule is COc1ccc(-c2ccc(NC(=O)c3ncc(C#N)[nH]3)c(C3=CCC(C)(C)CC3)c2)cn1. The average molecular weight is 428 g/mol. The second-order valence-electron chi connectivity index (χ2n) is 8.66. The first-order chi connectivity index (χ1) is 15.4. The highest BCUT2D eigenvalue weighted by Crippen LogP contribution is 2.41. The van der Waals surface area contributed by atoms with Gasteiger partial charge in [-0.05, 0) is 54.0 Å². The van der Waals surface area contributed by atoms with Gasteiger partial charge in [-0.15, -0.1) is 0 Å². The van der Waals surface area contributed by atoms with Gasteiger partial charge < -0.3 is 15.0 Å². The standard InChI is InChI=1S/C25H25N5O2/c1-25(2)10-8-16(9-11-25)20-12-17(18-5-7-22(32-3)27-14-18)4-6-21(20)30-24(31)23-28-15-19(13-26)29-23/h4-8,12,14-15H,9-11H2,1-3H3,(H,28,29)(H,30,31). The number of hydrogen-bond donors (Lipinski definition) is 2. The van der Waals surface area contributed by atoms with E-state index in [0.29, 0.717) is 11.6 Å². The number of hydrogen-bond acceptors (Lipinski definition) is 5. The van der Waals surface area contributed by atoms with Gasteiger partial charge in [-0.1, -0.05) is 26.0 Å². The van der Waals surface area contributed by atoms with Gasteiger partial charge in [-0.25, -0.2) is 9.97 Å². The number of benzene rings is 1. The fraction of sp³-hybridized carbons (Fsp3) is 0.280. The second-order valence-corrected chi connectivity index (χ2v) is 8.66. The molecule has 7 nitrogen and oxygen atoms in total. The summed E-state index contributed by atoms with van der Waals surface area (Å²) < 4.78 is 5.16. The number of anilines is 1. The number of aromatic amines is 1. The van der Waals surface area contributed by atoms with Gasteiger partial charge in [-0.3, -0.25) is 4.79 Å². The topological polar surface area (TPSA) is 104 Å². The lowest BCUT2D eigenvalue weighted by Crippen LogP contribution is -2.17. The van der Waals surface area contributed by atoms with Crippen LogP contribution in [-0.4, -0.2) is 28.0 Å². The van der Waals surface area contributed by atoms with Crippen LogP contribution in [0.15, 0.2) is 48.8 Å². The number of nitrogens with zero attached hydrogens (tertiary/aromatic N) is 3. The summed E-state index contributed by atoms with van der Waals surface area (Å²) in [5, 5.41) is 11.9. The van der Waals surface area contributed by atoms with Gasteiger partial charge in [0, 0.05) is 29.1 Å². The van der Waals surface area contributed by atoms with Crippen LogP contribution in [-0.2, 0) is 0 Å². The molecule has 32 heavy (non-hydrogen) atoms. The molecule has 0 atom stereocenters. The van der Waals surface area contributed by atoms with E-state index in [4.69, 9.17) is 10.00 Å². The third kappa shape index (κ3) is 4.54. The van der Waals surface area contributed by atoms with Crippen LogP contribution in [0.3, 0.4) is 0 Å². The zero-order chi connectivity index (χ0) is 22.7. The number of aromatic nitrogens is 3. The fourth-order valence-electron chi connectivity index (χ4n) is 3.77. The van der Waals surface area contributed by atoms with E-state index in [1.165, 1.54) is 11.8 Å². The molecular weight excluding hydrogens is 402 g/mol. The minimum atomic E-state index is -0.386. The molecule has 3 aromatic rings. The van der Waals surface area contributed by atoms with Crippen molar-refractivity contribution in [3.8, 4) is 23.1 Å². The molecule has 7 heteroatoms. The lowest BCUT2D eigenvalue weighted by atomic mass is 9.76. The van der Waals surface area contributed by atoms with Crippen LogP contribution in [0.1, 0.15) is 55.0 Å². The Kier molecular flexibility index (Phi) is 5.78. The summed E-state index contributed by atoms with van der Waals surface area (Å²) in [4.78, 5) is 23.8. The van der Waals surface area contributed by atoms with Crippen LogP contribution in [0.25, 0.3) is 16.7 Å². The summed E-state index contributed by atoms with van der Waals surface area (Å²) >= 11 is 0. The molecule has 0 saturated carbocycles. The molecule has 1 amide bonds. The van der Waals surface area contributed by atoms with Crippen LogP contribution >= 0.6 is 0 Å². The number of nitriles is 1. The van der Waals surface area contributed by atoms with E-state index in [-0.39, 0.29) is 22.8 Å². The van der Waals surface area contributed by atoms with Gasteiger partial charge in [-0.2, -0.15) is 5.26 Å². The van der Waals surface area contributed by atoms with Crippen molar-refractivity contribution in [1.82, 2.24) is 15.0 Å². The number of carbonyl (C=O) groups is 1. The molecule has 1 aliphatic rings. The third-order valence-electron chi connectivity index (χ3n) is 5.78. The van der Waals surface area contributed by atoms with Gasteiger partial charge in [0.05, 0.1) is 13.3 Å². The monoisotopic (exact) mass is 427 g/mol. The molecular formula is C25H25N5O2. The number of allylic oxidation sites excluding steroid dienone is 2. The Morgan fingerprint density at radius 3 is 2.62 bits per heavy atom. The highest BCUT2D eigenvalue weighted by molar-refractivity contribution is 6.03. The highest BCUT2D eigenvalue weighted by Gasteiger charge is 2.24. The molecule has 0 saturated heterocycles. The minimum absolute atomic E-state index is 0.106. The van der Waals surface area contributed by atoms with Crippen molar-refractivity contribution in [3.63, 3.8) is 0 Å². The quantitative estimate of drug-likeness (QED) is 0.583. The van der Waals surface area contributed by atoms with E-state index < -0.39 is 0 Å². The van der Waals surface area contributed by atoms with Gasteiger partial charge >= 0.3 is 0 Å². The molecule has 0 fully saturated rings. The number of H-pyrrole nitrogens is 1. The van der Waals surface area contributed by atoms with E-state index >= 15 is 0 Å². The van der Waals surface area contributed by atoms with Crippen molar-refractivity contribution < 1.29 is 9.53 Å². The summed E-state index contributed by atoms with van der Waals surface area (Å²) in [5.41, 5.74) is 5.38. The molecule has 0 unspecified atom stereocenters. The number of nitrogens with one attached hydrogen (secondary N) is 2. The van der Waals surface area contributed by atoms with Crippen LogP contribution in [0, 0.1) is 16.7 Å². The molecule has 2 N–H and O–H groups in total. The largest absolute Gasteiger partial charge is 0.481 e. The van der Waals surface area contributed by atoms with E-state index in [9.17, 15) is 4.79 Å². The number of pyridine rings is 1. The first-order valence-corrected chi connectivity index (χ1v) is 10.5. The third-order valence-corrected chi connectivity index (χ3v) is 5.78. The summed E-state index contributed by atoms with van der Waals surface area (Å²) in [6.07, 6.45) is 8.38. The Balaban J connectivity index is 1.70. The molecule has 2 aromatic heterocycles. The van der Waals surface area contributed by atoms with Crippen molar-refractivity contribution in [2.75, 3.05) is 12.4 Å². The molecule has 0 aliphatic heterocycles. The Labute approximate surface area is 187 Å². The van der Waals surface area contributed by atoms with Crippen molar-refractivity contribution >= 4 is 17.2 Å². The lowest BCUT2D eigenvalue weighted by molar-refractivity contribution is 0.101. The molecule has 1 aromatic carbocycles. The van der Waals surface area contributed by atoms with Crippen LogP contribution in [0.5, 0.6) is 5.88 Å². The zero-order valence-electron chi connectivity index (χ0n) is 18.4. The van der Waals surface area contributed by atoms with Crippen LogP contribution in [0.2, 0.25) is 0 Å². The summed E-state index contributed by atoms with van der Waals surface area (Å²) in [6.45, 7) is 4.54. The molecule has 2 heterocycles. The first-order valence-electron chi connectivity index (χ1n) is 10.5. The normalized spacial score (nSPS) is 14.9. The predicted molar refractivity (Wildman–Crippen MR) is 123 cm³/mol. The molecule has 0 spiro atoms. The maximum Gasteiger partial charge on any atom is 0.291 e. The van der Waals surface area contributed by atoms with Crippen molar-refractivity contribution in [1.29, 1.82) is 5.26 Å². The van der Waals surface area contributed by atoms with E-state index in [2.05, 4.69) is 46.3 Å². The molecule has 4 rings (SSSR count). The number of carbonyl (C=O) groups excluding carboxylic acids is 1. The van der Waals surface area contributed by atoms with Crippen molar-refractivity contribution in [2.24, 2.45) is 5.41 Å². The number of methoxy groups -OCH3 is 1. The van der Waals surface area contributed by atoms with E-state index in [1.807, 2.05) is 30.3 Å². The first kappa shape index (κ1) is 21.3. The number of imidazole rings is 1. The fourth-order valence-corrected chi connectivity index (χ4v) is 3.77. The summed E-state index contributed by atoms with van der Waals surface area (Å²) in [5.74, 6) is 0.281. The Hall–Kier alpha value is -3.92. The summed E-state index contributed by atoms with van der Waals surface area (Å²) in [6, 6.07) is 11.7. The van der Waals surface area contributed by atoms with Gasteiger partial charge in [0.2, 0.25) is 5.88 Å². The average Bonchev–Trinajstić information content (AvgIpc) is 3.29. The Morgan fingerprint density at radius 1 is 1.19 bits per heavy atom. The van der Waals surface area contributed by atoms with Gasteiger partial charge in [0.25, 0.3) is 5.91 Å². The number of amides is 1. The smallest absolute Gasteiger partial charge is 0.291 e. The highest BCUT2D eigenvalue weighted by atomic mass is 16.5. The predicted octanol–water partition coefficient (Wildman–Crippen LogP) is 5.20. The van der Waals surface area contributed by atoms with Crippen molar-refractivity contribution in [3.05, 3.63) is 65.9 Å². The molecule has 0 bridgehead atoms. The minimum Gasteiger partial charge on any atom is -0.481 e. The molecule has 162 valence electrons. The Morgan fingerprint density at radius 2 is 2.00 bits per heavy atom. The maximum absolute atomic E-state index is 12.7. The molecule has 0 radical (unpaired) electrons. The maximum atomic E-state index is 12.7. The van der Waals surface area contributed by atoms with Gasteiger partial charge in [0.1, 0.15) is 11.8 Å². The van der Waals surface area contributed by atoms with E-state index in [1.54, 1.807) is 13.3 Å². The second kappa shape index (κ2) is 8.67. The zero-order valence-corrected chi connectivity index (χ0v) is 18.4.